The Morgan fingerprint density at radius 3 is 2.41 bits per heavy atom. The maximum atomic E-state index is 12.8. The summed E-state index contributed by atoms with van der Waals surface area (Å²) in [5.41, 5.74) is -0.0549. The summed E-state index contributed by atoms with van der Waals surface area (Å²) in [4.78, 5) is 23.9. The first-order chi connectivity index (χ1) is 17.8. The van der Waals surface area contributed by atoms with Crippen molar-refractivity contribution in [1.29, 1.82) is 0 Å². The number of hydrogen-bond donors (Lipinski definition) is 1. The van der Waals surface area contributed by atoms with Crippen molar-refractivity contribution >= 4 is 34.1 Å². The number of thioether (sulfide) groups is 1. The molecule has 3 rings (SSSR count). The van der Waals surface area contributed by atoms with E-state index in [4.69, 9.17) is 18.6 Å². The molecule has 0 radical (unpaired) electrons. The lowest BCUT2D eigenvalue weighted by molar-refractivity contribution is -0.121. The summed E-state index contributed by atoms with van der Waals surface area (Å²) in [6.45, 7) is 15.0. The fraction of sp³-hybridized carbons (Fsp3) is 0.731. The van der Waals surface area contributed by atoms with Gasteiger partial charge in [0.15, 0.2) is 5.13 Å². The maximum Gasteiger partial charge on any atom is 0.229 e. The Hall–Kier alpha value is -1.50. The van der Waals surface area contributed by atoms with Crippen molar-refractivity contribution in [2.75, 3.05) is 64.6 Å². The Kier molecular flexibility index (Phi) is 12.8. The molecule has 2 aromatic heterocycles. The van der Waals surface area contributed by atoms with Crippen LogP contribution in [0.4, 0.5) is 5.13 Å². The number of anilines is 1. The number of piperidine rings is 1. The molecule has 0 saturated carbocycles. The van der Waals surface area contributed by atoms with Crippen molar-refractivity contribution in [3.63, 3.8) is 0 Å². The molecule has 1 aliphatic rings. The van der Waals surface area contributed by atoms with Gasteiger partial charge in [0.2, 0.25) is 11.8 Å². The van der Waals surface area contributed by atoms with Crippen LogP contribution >= 0.6 is 23.1 Å². The highest BCUT2D eigenvalue weighted by Crippen LogP contribution is 2.32. The molecule has 1 N–H and O–H groups in total. The van der Waals surface area contributed by atoms with Crippen LogP contribution in [0.3, 0.4) is 0 Å². The van der Waals surface area contributed by atoms with Crippen molar-refractivity contribution in [1.82, 2.24) is 14.9 Å². The zero-order valence-corrected chi connectivity index (χ0v) is 24.3. The normalized spacial score (nSPS) is 15.4. The Morgan fingerprint density at radius 2 is 1.76 bits per heavy atom. The molecule has 9 nitrogen and oxygen atoms in total. The second kappa shape index (κ2) is 15.8. The van der Waals surface area contributed by atoms with Crippen LogP contribution in [0.5, 0.6) is 0 Å². The van der Waals surface area contributed by atoms with Gasteiger partial charge in [-0.25, -0.2) is 9.97 Å². The molecule has 1 fully saturated rings. The molecule has 0 atom stereocenters. The molecule has 0 unspecified atom stereocenters. The van der Waals surface area contributed by atoms with Crippen molar-refractivity contribution in [2.24, 2.45) is 5.92 Å². The number of oxazole rings is 1. The molecule has 1 amide bonds. The first-order valence-electron chi connectivity index (χ1n) is 13.2. The molecule has 0 bridgehead atoms. The fourth-order valence-corrected chi connectivity index (χ4v) is 5.48. The minimum Gasteiger partial charge on any atom is -0.444 e. The average molecular weight is 555 g/mol. The molecular formula is C26H42N4O5S2. The van der Waals surface area contributed by atoms with Gasteiger partial charge in [0.05, 0.1) is 55.4 Å². The molecule has 3 heterocycles. The summed E-state index contributed by atoms with van der Waals surface area (Å²) in [6.07, 6.45) is 6.32. The van der Waals surface area contributed by atoms with Gasteiger partial charge in [-0.1, -0.05) is 39.0 Å². The Balaban J connectivity index is 1.26. The quantitative estimate of drug-likeness (QED) is 0.231. The molecule has 1 aliphatic heterocycles. The van der Waals surface area contributed by atoms with Crippen LogP contribution in [-0.4, -0.2) is 80.1 Å². The second-order valence-electron chi connectivity index (χ2n) is 10.1. The van der Waals surface area contributed by atoms with Crippen molar-refractivity contribution in [3.8, 4) is 0 Å². The minimum atomic E-state index is -0.0549. The van der Waals surface area contributed by atoms with Crippen LogP contribution in [0.2, 0.25) is 0 Å². The summed E-state index contributed by atoms with van der Waals surface area (Å²) in [5, 5.41) is 3.65. The summed E-state index contributed by atoms with van der Waals surface area (Å²) in [5.74, 6) is 2.29. The van der Waals surface area contributed by atoms with Gasteiger partial charge < -0.3 is 28.8 Å². The van der Waals surface area contributed by atoms with Gasteiger partial charge >= 0.3 is 0 Å². The lowest BCUT2D eigenvalue weighted by atomic mass is 9.94. The average Bonchev–Trinajstić information content (AvgIpc) is 3.54. The van der Waals surface area contributed by atoms with Crippen molar-refractivity contribution in [2.45, 2.75) is 62.3 Å². The zero-order chi connectivity index (χ0) is 26.5. The number of amides is 1. The number of carbonyl (C=O) groups excluding carboxylic acids is 1. The third kappa shape index (κ3) is 11.0. The number of carbonyl (C=O) groups is 1. The van der Waals surface area contributed by atoms with Crippen LogP contribution < -0.4 is 5.32 Å². The number of nitrogens with zero attached hydrogens (tertiary/aromatic N) is 3. The molecule has 37 heavy (non-hydrogen) atoms. The SMILES string of the molecule is CCCOCCOCCOCCN1CCC(C(=O)Nc2ncc(SCc3ncc(C(C)(C)C)o3)s2)CC1. The van der Waals surface area contributed by atoms with Gasteiger partial charge in [-0.15, -0.1) is 11.8 Å². The topological polar surface area (TPSA) is 99.0 Å². The van der Waals surface area contributed by atoms with E-state index in [9.17, 15) is 4.79 Å². The molecule has 2 aromatic rings. The predicted octanol–water partition coefficient (Wildman–Crippen LogP) is 4.83. The molecular weight excluding hydrogens is 512 g/mol. The van der Waals surface area contributed by atoms with Crippen LogP contribution in [0.1, 0.15) is 58.6 Å². The van der Waals surface area contributed by atoms with Gasteiger partial charge in [-0.2, -0.15) is 0 Å². The Morgan fingerprint density at radius 1 is 1.08 bits per heavy atom. The maximum absolute atomic E-state index is 12.8. The summed E-state index contributed by atoms with van der Waals surface area (Å²) in [7, 11) is 0. The summed E-state index contributed by atoms with van der Waals surface area (Å²) in [6, 6.07) is 0. The monoisotopic (exact) mass is 554 g/mol. The van der Waals surface area contributed by atoms with Gasteiger partial charge in [0, 0.05) is 24.5 Å². The van der Waals surface area contributed by atoms with Crippen LogP contribution in [0.25, 0.3) is 0 Å². The molecule has 1 saturated heterocycles. The smallest absolute Gasteiger partial charge is 0.229 e. The van der Waals surface area contributed by atoms with E-state index in [0.717, 1.165) is 55.5 Å². The van der Waals surface area contributed by atoms with Crippen LogP contribution in [-0.2, 0) is 30.2 Å². The molecule has 208 valence electrons. The predicted molar refractivity (Wildman–Crippen MR) is 147 cm³/mol. The van der Waals surface area contributed by atoms with Crippen LogP contribution in [0.15, 0.2) is 21.0 Å². The third-order valence-electron chi connectivity index (χ3n) is 5.95. The number of aromatic nitrogens is 2. The van der Waals surface area contributed by atoms with E-state index in [1.807, 2.05) is 0 Å². The fourth-order valence-electron chi connectivity index (χ4n) is 3.75. The number of thiazole rings is 1. The van der Waals surface area contributed by atoms with Crippen LogP contribution in [0, 0.1) is 5.92 Å². The second-order valence-corrected chi connectivity index (χ2v) is 12.4. The van der Waals surface area contributed by atoms with E-state index in [-0.39, 0.29) is 17.2 Å². The van der Waals surface area contributed by atoms with Gasteiger partial charge in [-0.05, 0) is 32.4 Å². The van der Waals surface area contributed by atoms with Crippen molar-refractivity contribution in [3.05, 3.63) is 24.0 Å². The number of likely N-dealkylation sites (tertiary alicyclic amines) is 1. The van der Waals surface area contributed by atoms with E-state index in [0.29, 0.717) is 49.8 Å². The first-order valence-corrected chi connectivity index (χ1v) is 15.0. The minimum absolute atomic E-state index is 0.0173. The van der Waals surface area contributed by atoms with E-state index in [2.05, 4.69) is 47.9 Å². The molecule has 0 aliphatic carbocycles. The number of hydrogen-bond acceptors (Lipinski definition) is 10. The lowest BCUT2D eigenvalue weighted by Gasteiger charge is -2.30. The highest BCUT2D eigenvalue weighted by atomic mass is 32.2. The third-order valence-corrected chi connectivity index (χ3v) is 8.04. The van der Waals surface area contributed by atoms with Gasteiger partial charge in [-0.3, -0.25) is 4.79 Å². The molecule has 11 heteroatoms. The van der Waals surface area contributed by atoms with E-state index in [1.54, 1.807) is 24.2 Å². The number of nitrogens with one attached hydrogen (secondary N) is 1. The van der Waals surface area contributed by atoms with E-state index < -0.39 is 0 Å². The van der Waals surface area contributed by atoms with Crippen molar-refractivity contribution < 1.29 is 23.4 Å². The largest absolute Gasteiger partial charge is 0.444 e. The Bertz CT molecular complexity index is 922. The van der Waals surface area contributed by atoms with Gasteiger partial charge in [0.1, 0.15) is 5.76 Å². The standard InChI is InChI=1S/C26H42N4O5S2/c1-5-11-32-13-15-34-16-14-33-12-10-30-8-6-20(7-9-30)24(31)29-25-28-18-23(37-25)36-19-22-27-17-21(35-22)26(2,3)4/h17-18,20H,5-16,19H2,1-4H3,(H,28,29,31). The van der Waals surface area contributed by atoms with E-state index >= 15 is 0 Å². The first kappa shape index (κ1) is 30.0. The molecule has 0 aromatic carbocycles. The number of rotatable bonds is 16. The highest BCUT2D eigenvalue weighted by molar-refractivity contribution is 8.00. The van der Waals surface area contributed by atoms with E-state index in [1.165, 1.54) is 11.3 Å². The molecule has 0 spiro atoms. The Labute approximate surface area is 229 Å². The summed E-state index contributed by atoms with van der Waals surface area (Å²) < 4.78 is 23.4. The lowest BCUT2D eigenvalue weighted by Crippen LogP contribution is -2.39. The zero-order valence-electron chi connectivity index (χ0n) is 22.6. The van der Waals surface area contributed by atoms with Gasteiger partial charge in [0.25, 0.3) is 0 Å². The number of ether oxygens (including phenoxy) is 3. The highest BCUT2D eigenvalue weighted by Gasteiger charge is 2.25. The summed E-state index contributed by atoms with van der Waals surface area (Å²) >= 11 is 3.10.